The fourth-order valence-electron chi connectivity index (χ4n) is 2.46. The maximum atomic E-state index is 12.0. The highest BCUT2D eigenvalue weighted by molar-refractivity contribution is 7.92. The maximum absolute atomic E-state index is 12.0. The molecule has 0 spiro atoms. The minimum Gasteiger partial charge on any atom is -0.228 e. The second kappa shape index (κ2) is 5.62. The van der Waals surface area contributed by atoms with Crippen molar-refractivity contribution in [1.82, 2.24) is 0 Å². The number of aryl methyl sites for hydroxylation is 1. The van der Waals surface area contributed by atoms with Gasteiger partial charge in [0.15, 0.2) is 9.84 Å². The molecular weight excluding hydrogens is 268 g/mol. The lowest BCUT2D eigenvalue weighted by molar-refractivity contribution is 0.534. The molecule has 18 heavy (non-hydrogen) atoms. The molecule has 2 nitrogen and oxygen atoms in total. The Morgan fingerprint density at radius 2 is 1.94 bits per heavy atom. The fourth-order valence-corrected chi connectivity index (χ4v) is 5.16. The summed E-state index contributed by atoms with van der Waals surface area (Å²) in [6.45, 7) is 2.10. The van der Waals surface area contributed by atoms with Crippen LogP contribution in [0.3, 0.4) is 0 Å². The fraction of sp³-hybridized carbons (Fsp3) is 0.571. The summed E-state index contributed by atoms with van der Waals surface area (Å²) in [6.07, 6.45) is 3.40. The van der Waals surface area contributed by atoms with Crippen LogP contribution in [0.15, 0.2) is 24.3 Å². The molecule has 1 saturated heterocycles. The highest BCUT2D eigenvalue weighted by Gasteiger charge is 2.35. The van der Waals surface area contributed by atoms with Crippen LogP contribution in [0.2, 0.25) is 0 Å². The molecule has 1 aliphatic rings. The molecule has 1 fully saturated rings. The van der Waals surface area contributed by atoms with Gasteiger partial charge in [-0.15, -0.1) is 11.6 Å². The number of sulfone groups is 1. The third-order valence-corrected chi connectivity index (χ3v) is 6.66. The lowest BCUT2D eigenvalue weighted by atomic mass is 10.0. The van der Waals surface area contributed by atoms with Crippen LogP contribution >= 0.6 is 11.6 Å². The Labute approximate surface area is 114 Å². The lowest BCUT2D eigenvalue weighted by Crippen LogP contribution is -2.31. The molecule has 1 aromatic rings. The van der Waals surface area contributed by atoms with Crippen molar-refractivity contribution in [2.45, 2.75) is 43.2 Å². The van der Waals surface area contributed by atoms with E-state index in [2.05, 4.69) is 6.92 Å². The molecule has 0 N–H and O–H groups in total. The van der Waals surface area contributed by atoms with Crippen molar-refractivity contribution in [3.8, 4) is 0 Å². The van der Waals surface area contributed by atoms with Gasteiger partial charge in [0.05, 0.1) is 16.4 Å². The Kier molecular flexibility index (Phi) is 4.33. The molecule has 4 heteroatoms. The smallest absolute Gasteiger partial charge is 0.154 e. The monoisotopic (exact) mass is 286 g/mol. The van der Waals surface area contributed by atoms with Gasteiger partial charge >= 0.3 is 0 Å². The van der Waals surface area contributed by atoms with Crippen molar-refractivity contribution in [2.24, 2.45) is 0 Å². The molecule has 1 aromatic carbocycles. The first-order valence-corrected chi connectivity index (χ1v) is 8.64. The second-order valence-corrected chi connectivity index (χ2v) is 7.71. The number of hydrogen-bond donors (Lipinski definition) is 0. The van der Waals surface area contributed by atoms with Gasteiger partial charge in [-0.3, -0.25) is 0 Å². The van der Waals surface area contributed by atoms with E-state index in [1.165, 1.54) is 5.56 Å². The van der Waals surface area contributed by atoms with Crippen molar-refractivity contribution in [3.05, 3.63) is 35.4 Å². The predicted molar refractivity (Wildman–Crippen MR) is 75.8 cm³/mol. The molecule has 0 aromatic heterocycles. The topological polar surface area (TPSA) is 34.1 Å². The Bertz CT molecular complexity index is 493. The van der Waals surface area contributed by atoms with Crippen molar-refractivity contribution in [2.75, 3.05) is 5.75 Å². The predicted octanol–water partition coefficient (Wildman–Crippen LogP) is 3.50. The normalized spacial score (nSPS) is 24.7. The van der Waals surface area contributed by atoms with Crippen molar-refractivity contribution in [3.63, 3.8) is 0 Å². The van der Waals surface area contributed by atoms with E-state index in [1.807, 2.05) is 24.3 Å². The molecule has 2 atom stereocenters. The molecule has 1 heterocycles. The maximum Gasteiger partial charge on any atom is 0.154 e. The average Bonchev–Trinajstić information content (AvgIpc) is 2.37. The van der Waals surface area contributed by atoms with Gasteiger partial charge in [-0.05, 0) is 30.4 Å². The number of benzene rings is 1. The van der Waals surface area contributed by atoms with Gasteiger partial charge in [0, 0.05) is 0 Å². The summed E-state index contributed by atoms with van der Waals surface area (Å²) in [4.78, 5) is 0. The average molecular weight is 287 g/mol. The number of halogens is 1. The summed E-state index contributed by atoms with van der Waals surface area (Å²) in [6, 6.07) is 7.97. The van der Waals surface area contributed by atoms with E-state index >= 15 is 0 Å². The number of rotatable bonds is 3. The van der Waals surface area contributed by atoms with Crippen molar-refractivity contribution < 1.29 is 8.42 Å². The highest BCUT2D eigenvalue weighted by atomic mass is 35.5. The minimum absolute atomic E-state index is 0.286. The van der Waals surface area contributed by atoms with Gasteiger partial charge in [0.1, 0.15) is 0 Å². The van der Waals surface area contributed by atoms with Gasteiger partial charge < -0.3 is 0 Å². The lowest BCUT2D eigenvalue weighted by Gasteiger charge is -2.26. The van der Waals surface area contributed by atoms with Gasteiger partial charge in [0.2, 0.25) is 0 Å². The van der Waals surface area contributed by atoms with Crippen LogP contribution in [0.25, 0.3) is 0 Å². The third-order valence-electron chi connectivity index (χ3n) is 3.66. The van der Waals surface area contributed by atoms with Crippen LogP contribution in [0.5, 0.6) is 0 Å². The molecule has 0 bridgehead atoms. The van der Waals surface area contributed by atoms with Crippen LogP contribution in [-0.4, -0.2) is 19.4 Å². The molecular formula is C14H19ClO2S. The van der Waals surface area contributed by atoms with E-state index in [4.69, 9.17) is 11.6 Å². The Balaban J connectivity index is 2.21. The first kappa shape index (κ1) is 13.9. The first-order valence-electron chi connectivity index (χ1n) is 6.49. The first-order chi connectivity index (χ1) is 8.54. The van der Waals surface area contributed by atoms with Crippen LogP contribution in [0.4, 0.5) is 0 Å². The van der Waals surface area contributed by atoms with Crippen LogP contribution < -0.4 is 0 Å². The van der Waals surface area contributed by atoms with E-state index in [-0.39, 0.29) is 5.75 Å². The third kappa shape index (κ3) is 2.89. The van der Waals surface area contributed by atoms with Gasteiger partial charge in [-0.2, -0.15) is 0 Å². The molecule has 100 valence electrons. The molecule has 2 rings (SSSR count). The highest BCUT2D eigenvalue weighted by Crippen LogP contribution is 2.35. The quantitative estimate of drug-likeness (QED) is 0.797. The SMILES string of the molecule is CCc1ccc(C(Cl)C2CCCCS2(=O)=O)cc1. The Morgan fingerprint density at radius 3 is 2.50 bits per heavy atom. The van der Waals surface area contributed by atoms with Gasteiger partial charge in [0.25, 0.3) is 0 Å². The van der Waals surface area contributed by atoms with Crippen LogP contribution in [-0.2, 0) is 16.3 Å². The van der Waals surface area contributed by atoms with E-state index in [0.717, 1.165) is 24.8 Å². The minimum atomic E-state index is -3.02. The molecule has 0 saturated carbocycles. The molecule has 0 aliphatic carbocycles. The Hall–Kier alpha value is -0.540. The standard InChI is InChI=1S/C14H19ClO2S/c1-2-11-6-8-12(9-7-11)14(15)13-5-3-4-10-18(13,16)17/h6-9,13-14H,2-5,10H2,1H3. The zero-order valence-corrected chi connectivity index (χ0v) is 12.2. The van der Waals surface area contributed by atoms with E-state index < -0.39 is 20.5 Å². The zero-order valence-electron chi connectivity index (χ0n) is 10.6. The summed E-state index contributed by atoms with van der Waals surface area (Å²) < 4.78 is 24.1. The second-order valence-electron chi connectivity index (χ2n) is 4.90. The summed E-state index contributed by atoms with van der Waals surface area (Å²) in [5.74, 6) is 0.286. The van der Waals surface area contributed by atoms with E-state index in [0.29, 0.717) is 6.42 Å². The van der Waals surface area contributed by atoms with Crippen molar-refractivity contribution >= 4 is 21.4 Å². The van der Waals surface area contributed by atoms with Gasteiger partial charge in [-0.25, -0.2) is 8.42 Å². The summed E-state index contributed by atoms with van der Waals surface area (Å²) in [5, 5.41) is -0.832. The Morgan fingerprint density at radius 1 is 1.28 bits per heavy atom. The number of hydrogen-bond acceptors (Lipinski definition) is 2. The van der Waals surface area contributed by atoms with Crippen LogP contribution in [0.1, 0.15) is 42.7 Å². The molecule has 2 unspecified atom stereocenters. The molecule has 0 radical (unpaired) electrons. The summed E-state index contributed by atoms with van der Waals surface area (Å²) >= 11 is 6.39. The largest absolute Gasteiger partial charge is 0.228 e. The summed E-state index contributed by atoms with van der Waals surface area (Å²) in [5.41, 5.74) is 2.17. The molecule has 0 amide bonds. The van der Waals surface area contributed by atoms with E-state index in [1.54, 1.807) is 0 Å². The van der Waals surface area contributed by atoms with Crippen molar-refractivity contribution in [1.29, 1.82) is 0 Å². The summed E-state index contributed by atoms with van der Waals surface area (Å²) in [7, 11) is -3.02. The van der Waals surface area contributed by atoms with E-state index in [9.17, 15) is 8.42 Å². The van der Waals surface area contributed by atoms with Gasteiger partial charge in [-0.1, -0.05) is 37.6 Å². The zero-order chi connectivity index (χ0) is 13.2. The number of alkyl halides is 1. The molecule has 1 aliphatic heterocycles. The van der Waals surface area contributed by atoms with Crippen LogP contribution in [0, 0.1) is 0 Å².